The number of carbonyl (C=O) groups is 2. The lowest BCUT2D eigenvalue weighted by molar-refractivity contribution is 0.245. The zero-order valence-electron chi connectivity index (χ0n) is 19.6. The van der Waals surface area contributed by atoms with Crippen LogP contribution < -0.4 is 20.7 Å². The first-order valence-electron chi connectivity index (χ1n) is 11.2. The molecule has 0 spiro atoms. The topological polar surface area (TPSA) is 101 Å². The van der Waals surface area contributed by atoms with Gasteiger partial charge < -0.3 is 20.3 Å². The average molecular weight is 453 g/mol. The number of aromatic nitrogens is 2. The van der Waals surface area contributed by atoms with Crippen LogP contribution in [0.4, 0.5) is 15.4 Å². The maximum atomic E-state index is 12.2. The Kier molecular flexibility index (Phi) is 8.26. The van der Waals surface area contributed by atoms with Gasteiger partial charge in [-0.3, -0.25) is 9.88 Å². The van der Waals surface area contributed by atoms with E-state index >= 15 is 0 Å². The highest BCUT2D eigenvalue weighted by Gasteiger charge is 2.12. The molecule has 3 aromatic rings. The van der Waals surface area contributed by atoms with Crippen LogP contribution in [0.25, 0.3) is 10.9 Å². The molecule has 3 N–H and O–H groups in total. The number of aryl methyl sites for hydroxylation is 1. The molecule has 0 aliphatic heterocycles. The van der Waals surface area contributed by atoms with Gasteiger partial charge in [0.15, 0.2) is 0 Å². The highest BCUT2D eigenvalue weighted by molar-refractivity contribution is 5.94. The van der Waals surface area contributed by atoms with E-state index < -0.39 is 0 Å². The third-order valence-electron chi connectivity index (χ3n) is 5.45. The Morgan fingerprint density at radius 2 is 1.88 bits per heavy atom. The van der Waals surface area contributed by atoms with E-state index in [4.69, 9.17) is 4.74 Å². The van der Waals surface area contributed by atoms with E-state index in [2.05, 4.69) is 39.7 Å². The van der Waals surface area contributed by atoms with Gasteiger partial charge in [-0.15, -0.1) is 0 Å². The fourth-order valence-corrected chi connectivity index (χ4v) is 3.61. The van der Waals surface area contributed by atoms with Crippen LogP contribution in [0.1, 0.15) is 25.8 Å². The molecule has 2 heterocycles. The van der Waals surface area contributed by atoms with Gasteiger partial charge in [0.25, 0.3) is 0 Å². The van der Waals surface area contributed by atoms with Gasteiger partial charge in [-0.1, -0.05) is 13.8 Å². The fourth-order valence-electron chi connectivity index (χ4n) is 3.61. The monoisotopic (exact) mass is 452 g/mol. The average Bonchev–Trinajstić information content (AvgIpc) is 3.15. The number of nitrogens with one attached hydrogen (secondary N) is 3. The number of anilines is 1. The van der Waals surface area contributed by atoms with E-state index in [0.29, 0.717) is 23.9 Å². The van der Waals surface area contributed by atoms with E-state index in [-0.39, 0.29) is 12.1 Å². The molecule has 0 unspecified atom stereocenters. The molecule has 9 nitrogen and oxygen atoms in total. The van der Waals surface area contributed by atoms with Gasteiger partial charge >= 0.3 is 12.1 Å². The van der Waals surface area contributed by atoms with Crippen LogP contribution in [-0.4, -0.2) is 59.7 Å². The second kappa shape index (κ2) is 11.3. The Bertz CT molecular complexity index is 1110. The van der Waals surface area contributed by atoms with Crippen LogP contribution >= 0.6 is 0 Å². The molecule has 0 saturated heterocycles. The summed E-state index contributed by atoms with van der Waals surface area (Å²) in [4.78, 5) is 30.7. The van der Waals surface area contributed by atoms with Gasteiger partial charge in [0.2, 0.25) is 0 Å². The summed E-state index contributed by atoms with van der Waals surface area (Å²) in [7, 11) is 1.60. The number of hydrogen-bond acceptors (Lipinski definition) is 5. The maximum absolute atomic E-state index is 12.2. The Balaban J connectivity index is 1.60. The summed E-state index contributed by atoms with van der Waals surface area (Å²) >= 11 is 0. The molecule has 0 aliphatic carbocycles. The van der Waals surface area contributed by atoms with Crippen LogP contribution in [0.3, 0.4) is 0 Å². The van der Waals surface area contributed by atoms with Crippen LogP contribution in [-0.2, 0) is 0 Å². The standard InChI is InChI=1S/C24H32N6O3/c1-5-29(6-2)13-7-11-27-23(31)28-22-15-19(10-12-26-22)33-18-8-9-21-20(14-18)17(3)16-30(21)24(32)25-4/h8-10,12,14-16H,5-7,11,13H2,1-4H3,(H,25,32)(H2,26,27,28,31). The molecule has 0 fully saturated rings. The first kappa shape index (κ1) is 24.1. The van der Waals surface area contributed by atoms with Gasteiger partial charge in [-0.05, 0) is 62.8 Å². The predicted molar refractivity (Wildman–Crippen MR) is 130 cm³/mol. The first-order valence-corrected chi connectivity index (χ1v) is 11.2. The SMILES string of the molecule is CCN(CC)CCCNC(=O)Nc1cc(Oc2ccc3c(c2)c(C)cn3C(=O)NC)ccn1. The Hall–Kier alpha value is -3.59. The molecule has 0 atom stereocenters. The minimum atomic E-state index is -0.299. The zero-order chi connectivity index (χ0) is 23.8. The molecule has 0 bridgehead atoms. The molecule has 0 saturated carbocycles. The van der Waals surface area contributed by atoms with Crippen LogP contribution in [0, 0.1) is 6.92 Å². The molecule has 33 heavy (non-hydrogen) atoms. The number of benzene rings is 1. The second-order valence-electron chi connectivity index (χ2n) is 7.66. The number of urea groups is 1. The largest absolute Gasteiger partial charge is 0.457 e. The van der Waals surface area contributed by atoms with Gasteiger partial charge in [-0.25, -0.2) is 14.6 Å². The zero-order valence-corrected chi connectivity index (χ0v) is 19.6. The van der Waals surface area contributed by atoms with E-state index in [1.54, 1.807) is 42.2 Å². The molecule has 1 aromatic carbocycles. The van der Waals surface area contributed by atoms with Gasteiger partial charge in [-0.2, -0.15) is 0 Å². The number of ether oxygens (including phenoxy) is 1. The summed E-state index contributed by atoms with van der Waals surface area (Å²) < 4.78 is 7.56. The van der Waals surface area contributed by atoms with Gasteiger partial charge in [0.1, 0.15) is 17.3 Å². The summed E-state index contributed by atoms with van der Waals surface area (Å²) in [6.07, 6.45) is 4.26. The normalized spacial score (nSPS) is 10.9. The third kappa shape index (κ3) is 6.23. The van der Waals surface area contributed by atoms with Crippen molar-refractivity contribution in [1.82, 2.24) is 25.1 Å². The highest BCUT2D eigenvalue weighted by Crippen LogP contribution is 2.29. The quantitative estimate of drug-likeness (QED) is 0.423. The van der Waals surface area contributed by atoms with Crippen molar-refractivity contribution in [3.8, 4) is 11.5 Å². The van der Waals surface area contributed by atoms with Crippen LogP contribution in [0.5, 0.6) is 11.5 Å². The van der Waals surface area contributed by atoms with E-state index in [9.17, 15) is 9.59 Å². The lowest BCUT2D eigenvalue weighted by Gasteiger charge is -2.17. The molecule has 176 valence electrons. The summed E-state index contributed by atoms with van der Waals surface area (Å²) in [5.74, 6) is 1.57. The van der Waals surface area contributed by atoms with Crippen molar-refractivity contribution in [1.29, 1.82) is 0 Å². The summed E-state index contributed by atoms with van der Waals surface area (Å²) in [5, 5.41) is 9.15. The Labute approximate surface area is 194 Å². The Morgan fingerprint density at radius 3 is 2.61 bits per heavy atom. The van der Waals surface area contributed by atoms with Crippen molar-refractivity contribution in [2.24, 2.45) is 0 Å². The number of nitrogens with zero attached hydrogens (tertiary/aromatic N) is 3. The van der Waals surface area contributed by atoms with Gasteiger partial charge in [0, 0.05) is 37.4 Å². The number of carbonyl (C=O) groups excluding carboxylic acids is 2. The van der Waals surface area contributed by atoms with Gasteiger partial charge in [0.05, 0.1) is 5.52 Å². The predicted octanol–water partition coefficient (Wildman–Crippen LogP) is 4.18. The molecule has 0 radical (unpaired) electrons. The molecule has 3 amide bonds. The Morgan fingerprint density at radius 1 is 1.12 bits per heavy atom. The molecule has 0 aliphatic rings. The number of rotatable bonds is 9. The highest BCUT2D eigenvalue weighted by atomic mass is 16.5. The molecular weight excluding hydrogens is 420 g/mol. The summed E-state index contributed by atoms with van der Waals surface area (Å²) in [5.41, 5.74) is 1.77. The van der Waals surface area contributed by atoms with E-state index in [1.165, 1.54) is 0 Å². The first-order chi connectivity index (χ1) is 15.9. The smallest absolute Gasteiger partial charge is 0.325 e. The molecular formula is C24H32N6O3. The minimum Gasteiger partial charge on any atom is -0.457 e. The fraction of sp³-hybridized carbons (Fsp3) is 0.375. The van der Waals surface area contributed by atoms with Crippen molar-refractivity contribution >= 4 is 28.8 Å². The minimum absolute atomic E-state index is 0.196. The lowest BCUT2D eigenvalue weighted by Crippen LogP contribution is -2.32. The lowest BCUT2D eigenvalue weighted by atomic mass is 10.2. The van der Waals surface area contributed by atoms with Crippen molar-refractivity contribution in [2.45, 2.75) is 27.2 Å². The van der Waals surface area contributed by atoms with Crippen LogP contribution in [0.15, 0.2) is 42.7 Å². The van der Waals surface area contributed by atoms with Crippen LogP contribution in [0.2, 0.25) is 0 Å². The van der Waals surface area contributed by atoms with Crippen molar-refractivity contribution in [3.05, 3.63) is 48.3 Å². The number of fused-ring (bicyclic) bond motifs is 1. The summed E-state index contributed by atoms with van der Waals surface area (Å²) in [6.45, 7) is 9.76. The van der Waals surface area contributed by atoms with E-state index in [1.807, 2.05) is 19.1 Å². The van der Waals surface area contributed by atoms with E-state index in [0.717, 1.165) is 42.5 Å². The third-order valence-corrected chi connectivity index (χ3v) is 5.45. The number of pyridine rings is 1. The molecule has 2 aromatic heterocycles. The maximum Gasteiger partial charge on any atom is 0.325 e. The number of amides is 3. The van der Waals surface area contributed by atoms with Crippen molar-refractivity contribution in [3.63, 3.8) is 0 Å². The second-order valence-corrected chi connectivity index (χ2v) is 7.66. The summed E-state index contributed by atoms with van der Waals surface area (Å²) in [6, 6.07) is 8.43. The molecule has 9 heteroatoms. The number of hydrogen-bond donors (Lipinski definition) is 3. The van der Waals surface area contributed by atoms with Crippen molar-refractivity contribution < 1.29 is 14.3 Å². The molecule has 3 rings (SSSR count). The van der Waals surface area contributed by atoms with Crippen molar-refractivity contribution in [2.75, 3.05) is 38.5 Å².